The third-order valence-electron chi connectivity index (χ3n) is 3.26. The summed E-state index contributed by atoms with van der Waals surface area (Å²) in [5, 5.41) is 3.17. The SMILES string of the molecule is NC1=NC(SCc2ccccc2)(c2ccccc2)NC(N)=N1. The molecule has 22 heavy (non-hydrogen) atoms. The lowest BCUT2D eigenvalue weighted by molar-refractivity contribution is 0.600. The first-order valence-electron chi connectivity index (χ1n) is 6.89. The van der Waals surface area contributed by atoms with Gasteiger partial charge in [-0.2, -0.15) is 4.99 Å². The molecule has 1 atom stereocenters. The number of hydrogen-bond acceptors (Lipinski definition) is 6. The minimum Gasteiger partial charge on any atom is -0.369 e. The van der Waals surface area contributed by atoms with Crippen molar-refractivity contribution in [2.45, 2.75) is 10.7 Å². The molecule has 0 bridgehead atoms. The first-order valence-corrected chi connectivity index (χ1v) is 7.88. The van der Waals surface area contributed by atoms with Crippen LogP contribution in [-0.2, 0) is 10.7 Å². The van der Waals surface area contributed by atoms with Crippen LogP contribution in [0.4, 0.5) is 0 Å². The molecule has 112 valence electrons. The van der Waals surface area contributed by atoms with Crippen LogP contribution in [0.3, 0.4) is 0 Å². The Bertz CT molecular complexity index is 699. The van der Waals surface area contributed by atoms with Gasteiger partial charge in [-0.05, 0) is 5.56 Å². The standard InChI is InChI=1S/C16H17N5S/c17-14-19-15(18)21-16(20-14,13-9-5-2-6-10-13)22-11-12-7-3-1-4-8-12/h1-10H,11H2,(H5,17,18,19,20,21). The maximum atomic E-state index is 5.87. The summed E-state index contributed by atoms with van der Waals surface area (Å²) in [5.41, 5.74) is 13.9. The molecule has 0 spiro atoms. The van der Waals surface area contributed by atoms with Gasteiger partial charge in [0.25, 0.3) is 0 Å². The smallest absolute Gasteiger partial charge is 0.221 e. The minimum absolute atomic E-state index is 0.181. The molecule has 0 saturated carbocycles. The molecule has 6 heteroatoms. The maximum absolute atomic E-state index is 5.87. The summed E-state index contributed by atoms with van der Waals surface area (Å²) in [6, 6.07) is 20.1. The van der Waals surface area contributed by atoms with Crippen molar-refractivity contribution in [1.82, 2.24) is 5.32 Å². The summed E-state index contributed by atoms with van der Waals surface area (Å²) < 4.78 is 0. The number of nitrogens with one attached hydrogen (secondary N) is 1. The summed E-state index contributed by atoms with van der Waals surface area (Å²) in [4.78, 5) is 7.73. The quantitative estimate of drug-likeness (QED) is 0.805. The van der Waals surface area contributed by atoms with Crippen LogP contribution in [0.1, 0.15) is 11.1 Å². The van der Waals surface area contributed by atoms with E-state index < -0.39 is 4.99 Å². The third-order valence-corrected chi connectivity index (χ3v) is 4.58. The zero-order valence-electron chi connectivity index (χ0n) is 11.9. The van der Waals surface area contributed by atoms with Crippen LogP contribution in [0.15, 0.2) is 70.6 Å². The third kappa shape index (κ3) is 3.07. The molecule has 1 heterocycles. The Kier molecular flexibility index (Phi) is 4.02. The lowest BCUT2D eigenvalue weighted by atomic mass is 10.1. The first-order chi connectivity index (χ1) is 10.7. The molecule has 0 saturated heterocycles. The number of aliphatic imine (C=N–C) groups is 2. The number of rotatable bonds is 4. The van der Waals surface area contributed by atoms with Gasteiger partial charge in [-0.15, -0.1) is 11.8 Å². The molecular weight excluding hydrogens is 294 g/mol. The lowest BCUT2D eigenvalue weighted by Gasteiger charge is -2.33. The van der Waals surface area contributed by atoms with E-state index in [-0.39, 0.29) is 11.9 Å². The Morgan fingerprint density at radius 2 is 1.59 bits per heavy atom. The van der Waals surface area contributed by atoms with Gasteiger partial charge in [-0.1, -0.05) is 60.7 Å². The van der Waals surface area contributed by atoms with Gasteiger partial charge < -0.3 is 16.8 Å². The Balaban J connectivity index is 1.93. The van der Waals surface area contributed by atoms with Gasteiger partial charge in [0.2, 0.25) is 11.0 Å². The number of thioether (sulfide) groups is 1. The molecule has 5 nitrogen and oxygen atoms in total. The van der Waals surface area contributed by atoms with Crippen molar-refractivity contribution >= 4 is 23.7 Å². The van der Waals surface area contributed by atoms with Gasteiger partial charge in [-0.25, -0.2) is 4.99 Å². The van der Waals surface area contributed by atoms with E-state index in [1.165, 1.54) is 5.56 Å². The molecule has 5 N–H and O–H groups in total. The van der Waals surface area contributed by atoms with Crippen LogP contribution in [0, 0.1) is 0 Å². The Labute approximate surface area is 133 Å². The van der Waals surface area contributed by atoms with Gasteiger partial charge in [0.05, 0.1) is 0 Å². The van der Waals surface area contributed by atoms with Crippen molar-refractivity contribution in [2.75, 3.05) is 0 Å². The van der Waals surface area contributed by atoms with E-state index in [1.54, 1.807) is 11.8 Å². The molecule has 0 aliphatic carbocycles. The highest BCUT2D eigenvalue weighted by molar-refractivity contribution is 7.99. The highest BCUT2D eigenvalue weighted by Crippen LogP contribution is 2.38. The number of guanidine groups is 2. The Morgan fingerprint density at radius 3 is 2.23 bits per heavy atom. The maximum Gasteiger partial charge on any atom is 0.221 e. The fourth-order valence-corrected chi connectivity index (χ4v) is 3.46. The Morgan fingerprint density at radius 1 is 0.955 bits per heavy atom. The first kappa shape index (κ1) is 14.5. The molecule has 1 unspecified atom stereocenters. The number of hydrogen-bond donors (Lipinski definition) is 3. The molecule has 3 rings (SSSR count). The second kappa shape index (κ2) is 6.11. The molecule has 2 aromatic carbocycles. The van der Waals surface area contributed by atoms with Crippen molar-refractivity contribution < 1.29 is 0 Å². The topological polar surface area (TPSA) is 88.8 Å². The molecule has 1 aliphatic rings. The number of nitrogens with two attached hydrogens (primary N) is 2. The molecular formula is C16H17N5S. The van der Waals surface area contributed by atoms with E-state index in [1.807, 2.05) is 48.5 Å². The van der Waals surface area contributed by atoms with Gasteiger partial charge in [0.15, 0.2) is 5.96 Å². The molecule has 0 radical (unpaired) electrons. The van der Waals surface area contributed by atoms with E-state index in [4.69, 9.17) is 11.5 Å². The Hall–Kier alpha value is -2.47. The van der Waals surface area contributed by atoms with Crippen LogP contribution < -0.4 is 16.8 Å². The predicted octanol–water partition coefficient (Wildman–Crippen LogP) is 1.96. The van der Waals surface area contributed by atoms with Gasteiger partial charge >= 0.3 is 0 Å². The normalized spacial score (nSPS) is 20.7. The second-order valence-corrected chi connectivity index (χ2v) is 6.04. The van der Waals surface area contributed by atoms with Crippen LogP contribution in [0.5, 0.6) is 0 Å². The average Bonchev–Trinajstić information content (AvgIpc) is 2.54. The van der Waals surface area contributed by atoms with Crippen molar-refractivity contribution in [2.24, 2.45) is 21.5 Å². The molecule has 0 aromatic heterocycles. The lowest BCUT2D eigenvalue weighted by Crippen LogP contribution is -2.50. The van der Waals surface area contributed by atoms with Crippen molar-refractivity contribution in [3.8, 4) is 0 Å². The van der Waals surface area contributed by atoms with E-state index in [2.05, 4.69) is 27.4 Å². The molecule has 0 fully saturated rings. The zero-order chi connectivity index (χ0) is 15.4. The summed E-state index contributed by atoms with van der Waals surface area (Å²) in [5.74, 6) is 1.23. The molecule has 2 aromatic rings. The monoisotopic (exact) mass is 311 g/mol. The fourth-order valence-electron chi connectivity index (χ4n) is 2.25. The second-order valence-electron chi connectivity index (χ2n) is 4.88. The van der Waals surface area contributed by atoms with Gasteiger partial charge in [-0.3, -0.25) is 0 Å². The summed E-state index contributed by atoms with van der Waals surface area (Å²) in [6.45, 7) is 0. The van der Waals surface area contributed by atoms with E-state index >= 15 is 0 Å². The van der Waals surface area contributed by atoms with Crippen molar-refractivity contribution in [3.63, 3.8) is 0 Å². The van der Waals surface area contributed by atoms with Crippen LogP contribution >= 0.6 is 11.8 Å². The largest absolute Gasteiger partial charge is 0.369 e. The van der Waals surface area contributed by atoms with Crippen LogP contribution in [0.25, 0.3) is 0 Å². The van der Waals surface area contributed by atoms with Crippen LogP contribution in [0.2, 0.25) is 0 Å². The number of benzene rings is 2. The summed E-state index contributed by atoms with van der Waals surface area (Å²) >= 11 is 1.62. The molecule has 0 amide bonds. The zero-order valence-corrected chi connectivity index (χ0v) is 12.8. The predicted molar refractivity (Wildman–Crippen MR) is 92.2 cm³/mol. The van der Waals surface area contributed by atoms with Crippen LogP contribution in [-0.4, -0.2) is 11.9 Å². The minimum atomic E-state index is -0.757. The summed E-state index contributed by atoms with van der Waals surface area (Å²) in [6.07, 6.45) is 0. The van der Waals surface area contributed by atoms with Gasteiger partial charge in [0.1, 0.15) is 0 Å². The van der Waals surface area contributed by atoms with E-state index in [0.717, 1.165) is 11.3 Å². The highest BCUT2D eigenvalue weighted by Gasteiger charge is 2.35. The highest BCUT2D eigenvalue weighted by atomic mass is 32.2. The fraction of sp³-hybridized carbons (Fsp3) is 0.125. The average molecular weight is 311 g/mol. The summed E-state index contributed by atoms with van der Waals surface area (Å²) in [7, 11) is 0. The van der Waals surface area contributed by atoms with Crippen molar-refractivity contribution in [1.29, 1.82) is 0 Å². The van der Waals surface area contributed by atoms with E-state index in [0.29, 0.717) is 0 Å². The van der Waals surface area contributed by atoms with Crippen molar-refractivity contribution in [3.05, 3.63) is 71.8 Å². The van der Waals surface area contributed by atoms with Gasteiger partial charge in [0, 0.05) is 11.3 Å². The molecule has 1 aliphatic heterocycles. The van der Waals surface area contributed by atoms with E-state index in [9.17, 15) is 0 Å². The number of nitrogens with zero attached hydrogens (tertiary/aromatic N) is 2.